The number of nitrogens with one attached hydrogen (secondary N) is 2. The molecule has 0 fully saturated rings. The highest BCUT2D eigenvalue weighted by atomic mass is 32.2. The maximum absolute atomic E-state index is 12.9. The maximum atomic E-state index is 12.9. The molecule has 0 saturated carbocycles. The van der Waals surface area contributed by atoms with E-state index in [1.807, 2.05) is 19.9 Å². The molecule has 1 heterocycles. The molecule has 0 aromatic heterocycles. The van der Waals surface area contributed by atoms with Gasteiger partial charge in [-0.3, -0.25) is 14.3 Å². The molecular formula is C23H29N3O4S. The number of carbonyl (C=O) groups is 2. The van der Waals surface area contributed by atoms with Gasteiger partial charge in [-0.05, 0) is 54.8 Å². The summed E-state index contributed by atoms with van der Waals surface area (Å²) < 4.78 is 28.3. The van der Waals surface area contributed by atoms with Crippen LogP contribution in [0.15, 0.2) is 47.4 Å². The van der Waals surface area contributed by atoms with Crippen molar-refractivity contribution in [2.45, 2.75) is 45.4 Å². The lowest BCUT2D eigenvalue weighted by Gasteiger charge is -2.31. The van der Waals surface area contributed by atoms with Crippen LogP contribution in [0.4, 0.5) is 17.1 Å². The van der Waals surface area contributed by atoms with Crippen molar-refractivity contribution in [3.63, 3.8) is 0 Å². The summed E-state index contributed by atoms with van der Waals surface area (Å²) in [5, 5.41) is 2.74. The minimum absolute atomic E-state index is 0.0278. The molecular weight excluding hydrogens is 414 g/mol. The first-order valence-electron chi connectivity index (χ1n) is 10.5. The number of carbonyl (C=O) groups excluding carboxylic acids is 2. The van der Waals surface area contributed by atoms with E-state index in [9.17, 15) is 18.0 Å². The van der Waals surface area contributed by atoms with E-state index in [-0.39, 0.29) is 28.5 Å². The van der Waals surface area contributed by atoms with E-state index < -0.39 is 10.0 Å². The molecule has 0 spiro atoms. The summed E-state index contributed by atoms with van der Waals surface area (Å²) >= 11 is 0. The molecule has 2 amide bonds. The van der Waals surface area contributed by atoms with Crippen molar-refractivity contribution in [3.8, 4) is 0 Å². The van der Waals surface area contributed by atoms with Gasteiger partial charge in [-0.15, -0.1) is 0 Å². The Morgan fingerprint density at radius 2 is 1.58 bits per heavy atom. The van der Waals surface area contributed by atoms with Crippen LogP contribution in [0, 0.1) is 11.8 Å². The van der Waals surface area contributed by atoms with Gasteiger partial charge in [0.05, 0.1) is 10.6 Å². The van der Waals surface area contributed by atoms with Crippen LogP contribution >= 0.6 is 0 Å². The molecule has 31 heavy (non-hydrogen) atoms. The fourth-order valence-corrected chi connectivity index (χ4v) is 4.45. The number of fused-ring (bicyclic) bond motifs is 1. The molecule has 0 saturated heterocycles. The highest BCUT2D eigenvalue weighted by Crippen LogP contribution is 2.32. The predicted octanol–water partition coefficient (Wildman–Crippen LogP) is 4.02. The van der Waals surface area contributed by atoms with Crippen LogP contribution in [0.1, 0.15) is 39.7 Å². The Kier molecular flexibility index (Phi) is 6.69. The molecule has 166 valence electrons. The Morgan fingerprint density at radius 1 is 0.935 bits per heavy atom. The number of nitrogens with zero attached hydrogens (tertiary/aromatic N) is 1. The van der Waals surface area contributed by atoms with Crippen LogP contribution < -0.4 is 14.9 Å². The first kappa shape index (κ1) is 22.8. The Balaban J connectivity index is 1.81. The zero-order chi connectivity index (χ0) is 22.8. The summed E-state index contributed by atoms with van der Waals surface area (Å²) in [6.45, 7) is 7.91. The van der Waals surface area contributed by atoms with Crippen LogP contribution in [-0.2, 0) is 26.0 Å². The minimum atomic E-state index is -3.82. The van der Waals surface area contributed by atoms with Gasteiger partial charge in [-0.1, -0.05) is 33.8 Å². The SMILES string of the molecule is CC(C)C(=O)Nc1ccc(S(=O)(=O)Nc2ccc3c(c2)N(C(=O)C(C)C)CCC3)cc1. The van der Waals surface area contributed by atoms with Gasteiger partial charge in [-0.25, -0.2) is 8.42 Å². The monoisotopic (exact) mass is 443 g/mol. The molecule has 0 aliphatic carbocycles. The van der Waals surface area contributed by atoms with Gasteiger partial charge in [0, 0.05) is 29.8 Å². The van der Waals surface area contributed by atoms with Crippen molar-refractivity contribution in [1.29, 1.82) is 0 Å². The van der Waals surface area contributed by atoms with Gasteiger partial charge in [0.2, 0.25) is 11.8 Å². The Hall–Kier alpha value is -2.87. The molecule has 7 nitrogen and oxygen atoms in total. The molecule has 1 aliphatic heterocycles. The van der Waals surface area contributed by atoms with E-state index in [0.717, 1.165) is 24.1 Å². The van der Waals surface area contributed by atoms with Gasteiger partial charge < -0.3 is 10.2 Å². The quantitative estimate of drug-likeness (QED) is 0.705. The summed E-state index contributed by atoms with van der Waals surface area (Å²) in [5.41, 5.74) is 2.74. The van der Waals surface area contributed by atoms with E-state index in [2.05, 4.69) is 10.0 Å². The van der Waals surface area contributed by atoms with Crippen molar-refractivity contribution in [2.75, 3.05) is 21.5 Å². The molecule has 2 aromatic carbocycles. The normalized spacial score (nSPS) is 13.8. The molecule has 1 aliphatic rings. The fraction of sp³-hybridized carbons (Fsp3) is 0.391. The number of rotatable bonds is 6. The van der Waals surface area contributed by atoms with Crippen molar-refractivity contribution in [1.82, 2.24) is 0 Å². The molecule has 0 atom stereocenters. The molecule has 3 rings (SSSR count). The van der Waals surface area contributed by atoms with Crippen LogP contribution in [0.3, 0.4) is 0 Å². The number of sulfonamides is 1. The zero-order valence-electron chi connectivity index (χ0n) is 18.3. The predicted molar refractivity (Wildman–Crippen MR) is 123 cm³/mol. The first-order valence-corrected chi connectivity index (χ1v) is 11.9. The van der Waals surface area contributed by atoms with Crippen LogP contribution in [0.2, 0.25) is 0 Å². The second kappa shape index (κ2) is 9.09. The van der Waals surface area contributed by atoms with Crippen molar-refractivity contribution in [2.24, 2.45) is 11.8 Å². The van der Waals surface area contributed by atoms with Gasteiger partial charge >= 0.3 is 0 Å². The Morgan fingerprint density at radius 3 is 2.19 bits per heavy atom. The maximum Gasteiger partial charge on any atom is 0.261 e. The average Bonchev–Trinajstić information content (AvgIpc) is 2.72. The van der Waals surface area contributed by atoms with E-state index in [1.165, 1.54) is 12.1 Å². The number of anilines is 3. The lowest BCUT2D eigenvalue weighted by atomic mass is 9.99. The van der Waals surface area contributed by atoms with Crippen LogP contribution in [0.5, 0.6) is 0 Å². The molecule has 8 heteroatoms. The number of amides is 2. The van der Waals surface area contributed by atoms with Crippen LogP contribution in [-0.4, -0.2) is 26.8 Å². The lowest BCUT2D eigenvalue weighted by molar-refractivity contribution is -0.121. The van der Waals surface area contributed by atoms with Gasteiger partial charge in [0.1, 0.15) is 0 Å². The fourth-order valence-electron chi connectivity index (χ4n) is 3.40. The molecule has 0 unspecified atom stereocenters. The molecule has 0 bridgehead atoms. The second-order valence-electron chi connectivity index (χ2n) is 8.37. The summed E-state index contributed by atoms with van der Waals surface area (Å²) in [5.74, 6) is -0.416. The highest BCUT2D eigenvalue weighted by molar-refractivity contribution is 7.92. The summed E-state index contributed by atoms with van der Waals surface area (Å²) in [6, 6.07) is 11.3. The van der Waals surface area contributed by atoms with Gasteiger partial charge in [0.25, 0.3) is 10.0 Å². The molecule has 2 aromatic rings. The topological polar surface area (TPSA) is 95.6 Å². The largest absolute Gasteiger partial charge is 0.326 e. The van der Waals surface area contributed by atoms with Crippen molar-refractivity contribution >= 4 is 38.9 Å². The standard InChI is InChI=1S/C23H29N3O4S/c1-15(2)22(27)24-18-9-11-20(12-10-18)31(29,30)25-19-8-7-17-6-5-13-26(21(17)14-19)23(28)16(3)4/h7-12,14-16,25H,5-6,13H2,1-4H3,(H,24,27). The van der Waals surface area contributed by atoms with E-state index >= 15 is 0 Å². The molecule has 0 radical (unpaired) electrons. The van der Waals surface area contributed by atoms with Gasteiger partial charge in [-0.2, -0.15) is 0 Å². The van der Waals surface area contributed by atoms with E-state index in [0.29, 0.717) is 17.9 Å². The summed E-state index contributed by atoms with van der Waals surface area (Å²) in [4.78, 5) is 26.2. The second-order valence-corrected chi connectivity index (χ2v) is 10.0. The number of hydrogen-bond acceptors (Lipinski definition) is 4. The zero-order valence-corrected chi connectivity index (χ0v) is 19.1. The minimum Gasteiger partial charge on any atom is -0.326 e. The van der Waals surface area contributed by atoms with Gasteiger partial charge in [0.15, 0.2) is 0 Å². The smallest absolute Gasteiger partial charge is 0.261 e. The third kappa shape index (κ3) is 5.25. The average molecular weight is 444 g/mol. The van der Waals surface area contributed by atoms with Crippen LogP contribution in [0.25, 0.3) is 0 Å². The first-order chi connectivity index (χ1) is 14.6. The third-order valence-corrected chi connectivity index (χ3v) is 6.57. The molecule has 2 N–H and O–H groups in total. The van der Waals surface area contributed by atoms with E-state index in [1.54, 1.807) is 43.0 Å². The number of hydrogen-bond donors (Lipinski definition) is 2. The number of benzene rings is 2. The highest BCUT2D eigenvalue weighted by Gasteiger charge is 2.25. The van der Waals surface area contributed by atoms with Crippen molar-refractivity contribution < 1.29 is 18.0 Å². The Labute approximate surface area is 183 Å². The Bertz CT molecular complexity index is 1080. The third-order valence-electron chi connectivity index (χ3n) is 5.17. The number of aryl methyl sites for hydroxylation is 1. The van der Waals surface area contributed by atoms with Crippen molar-refractivity contribution in [3.05, 3.63) is 48.0 Å². The lowest BCUT2D eigenvalue weighted by Crippen LogP contribution is -2.38. The summed E-state index contributed by atoms with van der Waals surface area (Å²) in [7, 11) is -3.82. The van der Waals surface area contributed by atoms with E-state index in [4.69, 9.17) is 0 Å². The summed E-state index contributed by atoms with van der Waals surface area (Å²) in [6.07, 6.45) is 1.74.